The molecule has 1 aromatic carbocycles. The molecule has 0 saturated carbocycles. The monoisotopic (exact) mass is 240 g/mol. The summed E-state index contributed by atoms with van der Waals surface area (Å²) in [6, 6.07) is 4.45. The Hall–Kier alpha value is -1.10. The highest BCUT2D eigenvalue weighted by molar-refractivity contribution is 6.32. The summed E-state index contributed by atoms with van der Waals surface area (Å²) in [7, 11) is 1.33. The standard InChI is InChI=1S/C9H8ClF3O2/c1-14-7-4-2-3-6(10)8(7)15-5-9(11,12)13/h2-4H,5H2,1H3. The fraction of sp³-hybridized carbons (Fsp3) is 0.333. The zero-order valence-corrected chi connectivity index (χ0v) is 8.52. The van der Waals surface area contributed by atoms with Gasteiger partial charge in [-0.3, -0.25) is 0 Å². The zero-order chi connectivity index (χ0) is 11.5. The molecule has 84 valence electrons. The minimum Gasteiger partial charge on any atom is -0.493 e. The van der Waals surface area contributed by atoms with Gasteiger partial charge in [-0.2, -0.15) is 13.2 Å². The summed E-state index contributed by atoms with van der Waals surface area (Å²) in [6.45, 7) is -1.40. The summed E-state index contributed by atoms with van der Waals surface area (Å²) in [5.41, 5.74) is 0. The molecule has 0 aromatic heterocycles. The highest BCUT2D eigenvalue weighted by atomic mass is 35.5. The first-order valence-corrected chi connectivity index (χ1v) is 4.34. The molecule has 0 saturated heterocycles. The first kappa shape index (κ1) is 12.0. The fourth-order valence-corrected chi connectivity index (χ4v) is 1.16. The lowest BCUT2D eigenvalue weighted by atomic mass is 10.3. The first-order valence-electron chi connectivity index (χ1n) is 3.96. The van der Waals surface area contributed by atoms with Crippen molar-refractivity contribution in [2.75, 3.05) is 13.7 Å². The Labute approximate surface area is 89.6 Å². The second-order valence-corrected chi connectivity index (χ2v) is 3.08. The summed E-state index contributed by atoms with van der Waals surface area (Å²) < 4.78 is 45.1. The molecule has 15 heavy (non-hydrogen) atoms. The third kappa shape index (κ3) is 3.51. The first-order chi connectivity index (χ1) is 6.94. The number of alkyl halides is 3. The lowest BCUT2D eigenvalue weighted by molar-refractivity contribution is -0.153. The van der Waals surface area contributed by atoms with Crippen molar-refractivity contribution in [3.05, 3.63) is 23.2 Å². The van der Waals surface area contributed by atoms with E-state index in [9.17, 15) is 13.2 Å². The third-order valence-corrected chi connectivity index (χ3v) is 1.83. The highest BCUT2D eigenvalue weighted by Crippen LogP contribution is 2.35. The van der Waals surface area contributed by atoms with Gasteiger partial charge < -0.3 is 9.47 Å². The molecular weight excluding hydrogens is 233 g/mol. The molecule has 0 fully saturated rings. The molecule has 0 radical (unpaired) electrons. The Morgan fingerprint density at radius 1 is 1.33 bits per heavy atom. The second kappa shape index (κ2) is 4.61. The molecule has 0 unspecified atom stereocenters. The predicted octanol–water partition coefficient (Wildman–Crippen LogP) is 3.29. The number of methoxy groups -OCH3 is 1. The predicted molar refractivity (Wildman–Crippen MR) is 49.6 cm³/mol. The van der Waals surface area contributed by atoms with Crippen LogP contribution in [-0.2, 0) is 0 Å². The van der Waals surface area contributed by atoms with Gasteiger partial charge in [-0.25, -0.2) is 0 Å². The average molecular weight is 241 g/mol. The number of ether oxygens (including phenoxy) is 2. The lowest BCUT2D eigenvalue weighted by Gasteiger charge is -2.13. The van der Waals surface area contributed by atoms with E-state index in [1.807, 2.05) is 0 Å². The summed E-state index contributed by atoms with van der Waals surface area (Å²) >= 11 is 5.66. The molecule has 2 nitrogen and oxygen atoms in total. The van der Waals surface area contributed by atoms with Crippen molar-refractivity contribution < 1.29 is 22.6 Å². The van der Waals surface area contributed by atoms with Crippen LogP contribution in [0, 0.1) is 0 Å². The largest absolute Gasteiger partial charge is 0.493 e. The van der Waals surface area contributed by atoms with Crippen LogP contribution in [0.4, 0.5) is 13.2 Å². The van der Waals surface area contributed by atoms with Crippen molar-refractivity contribution in [2.24, 2.45) is 0 Å². The minimum atomic E-state index is -4.40. The van der Waals surface area contributed by atoms with Crippen molar-refractivity contribution in [3.63, 3.8) is 0 Å². The number of hydrogen-bond acceptors (Lipinski definition) is 2. The normalized spacial score (nSPS) is 11.3. The van der Waals surface area contributed by atoms with E-state index >= 15 is 0 Å². The molecule has 0 bridgehead atoms. The summed E-state index contributed by atoms with van der Waals surface area (Å²) in [4.78, 5) is 0. The number of benzene rings is 1. The van der Waals surface area contributed by atoms with E-state index in [1.54, 1.807) is 6.07 Å². The van der Waals surface area contributed by atoms with Gasteiger partial charge >= 0.3 is 6.18 Å². The van der Waals surface area contributed by atoms with Gasteiger partial charge in [0.25, 0.3) is 0 Å². The van der Waals surface area contributed by atoms with E-state index in [0.29, 0.717) is 0 Å². The van der Waals surface area contributed by atoms with Crippen molar-refractivity contribution in [2.45, 2.75) is 6.18 Å². The summed E-state index contributed by atoms with van der Waals surface area (Å²) in [5.74, 6) is 0.0748. The molecular formula is C9H8ClF3O2. The molecule has 0 aliphatic rings. The van der Waals surface area contributed by atoms with Gasteiger partial charge in [-0.1, -0.05) is 17.7 Å². The van der Waals surface area contributed by atoms with Gasteiger partial charge in [-0.15, -0.1) is 0 Å². The van der Waals surface area contributed by atoms with Crippen molar-refractivity contribution in [1.29, 1.82) is 0 Å². The number of hydrogen-bond donors (Lipinski definition) is 0. The molecule has 0 heterocycles. The molecule has 0 spiro atoms. The van der Waals surface area contributed by atoms with Crippen LogP contribution in [0.25, 0.3) is 0 Å². The molecule has 1 rings (SSSR count). The van der Waals surface area contributed by atoms with E-state index < -0.39 is 12.8 Å². The summed E-state index contributed by atoms with van der Waals surface area (Å²) in [5, 5.41) is 0.0820. The highest BCUT2D eigenvalue weighted by Gasteiger charge is 2.29. The number of rotatable bonds is 3. The molecule has 1 aromatic rings. The molecule has 0 amide bonds. The second-order valence-electron chi connectivity index (χ2n) is 2.68. The van der Waals surface area contributed by atoms with Crippen LogP contribution in [-0.4, -0.2) is 19.9 Å². The van der Waals surface area contributed by atoms with Gasteiger partial charge in [0.15, 0.2) is 18.1 Å². The van der Waals surface area contributed by atoms with Gasteiger partial charge in [0.05, 0.1) is 12.1 Å². The van der Waals surface area contributed by atoms with E-state index in [4.69, 9.17) is 16.3 Å². The van der Waals surface area contributed by atoms with Crippen LogP contribution < -0.4 is 9.47 Å². The Morgan fingerprint density at radius 3 is 2.53 bits per heavy atom. The maximum Gasteiger partial charge on any atom is 0.422 e. The molecule has 6 heteroatoms. The van der Waals surface area contributed by atoms with Crippen LogP contribution in [0.3, 0.4) is 0 Å². The maximum atomic E-state index is 11.9. The van der Waals surface area contributed by atoms with E-state index in [1.165, 1.54) is 19.2 Å². The van der Waals surface area contributed by atoms with E-state index in [0.717, 1.165) is 0 Å². The Kier molecular flexibility index (Phi) is 3.68. The van der Waals surface area contributed by atoms with Crippen molar-refractivity contribution >= 4 is 11.6 Å². The van der Waals surface area contributed by atoms with Crippen LogP contribution in [0.15, 0.2) is 18.2 Å². The maximum absolute atomic E-state index is 11.9. The van der Waals surface area contributed by atoms with Crippen molar-refractivity contribution in [3.8, 4) is 11.5 Å². The van der Waals surface area contributed by atoms with Gasteiger partial charge in [0.1, 0.15) is 0 Å². The van der Waals surface area contributed by atoms with Crippen LogP contribution in [0.1, 0.15) is 0 Å². The fourth-order valence-electron chi connectivity index (χ4n) is 0.944. The Morgan fingerprint density at radius 2 is 2.00 bits per heavy atom. The number of para-hydroxylation sites is 1. The van der Waals surface area contributed by atoms with Gasteiger partial charge in [0, 0.05) is 0 Å². The van der Waals surface area contributed by atoms with Crippen LogP contribution in [0.5, 0.6) is 11.5 Å². The van der Waals surface area contributed by atoms with E-state index in [-0.39, 0.29) is 16.5 Å². The van der Waals surface area contributed by atoms with Crippen LogP contribution >= 0.6 is 11.6 Å². The molecule has 0 aliphatic carbocycles. The topological polar surface area (TPSA) is 18.5 Å². The van der Waals surface area contributed by atoms with Crippen LogP contribution in [0.2, 0.25) is 5.02 Å². The van der Waals surface area contributed by atoms with Gasteiger partial charge in [-0.05, 0) is 12.1 Å². The minimum absolute atomic E-state index is 0.0820. The third-order valence-electron chi connectivity index (χ3n) is 1.53. The zero-order valence-electron chi connectivity index (χ0n) is 7.77. The Bertz CT molecular complexity index is 339. The van der Waals surface area contributed by atoms with Crippen molar-refractivity contribution in [1.82, 2.24) is 0 Å². The van der Waals surface area contributed by atoms with Gasteiger partial charge in [0.2, 0.25) is 0 Å². The molecule has 0 N–H and O–H groups in total. The molecule has 0 aliphatic heterocycles. The average Bonchev–Trinajstić information content (AvgIpc) is 2.14. The summed E-state index contributed by atoms with van der Waals surface area (Å²) in [6.07, 6.45) is -4.40. The molecule has 0 atom stereocenters. The SMILES string of the molecule is COc1cccc(Cl)c1OCC(F)(F)F. The quantitative estimate of drug-likeness (QED) is 0.807. The van der Waals surface area contributed by atoms with E-state index in [2.05, 4.69) is 4.74 Å². The smallest absolute Gasteiger partial charge is 0.422 e. The lowest BCUT2D eigenvalue weighted by Crippen LogP contribution is -2.19. The number of halogens is 4. The Balaban J connectivity index is 2.83.